The van der Waals surface area contributed by atoms with Crippen molar-refractivity contribution in [3.63, 3.8) is 0 Å². The first-order valence-corrected chi connectivity index (χ1v) is 9.30. The van der Waals surface area contributed by atoms with E-state index in [0.29, 0.717) is 22.7 Å². The van der Waals surface area contributed by atoms with Crippen molar-refractivity contribution in [2.24, 2.45) is 0 Å². The van der Waals surface area contributed by atoms with Crippen LogP contribution in [0, 0.1) is 6.92 Å². The Bertz CT molecular complexity index is 983. The van der Waals surface area contributed by atoms with Crippen LogP contribution < -0.4 is 19.5 Å². The van der Waals surface area contributed by atoms with Gasteiger partial charge in [-0.2, -0.15) is 0 Å². The summed E-state index contributed by atoms with van der Waals surface area (Å²) in [4.78, 5) is 12.2. The molecule has 0 radical (unpaired) electrons. The van der Waals surface area contributed by atoms with Gasteiger partial charge in [-0.15, -0.1) is 0 Å². The van der Waals surface area contributed by atoms with Gasteiger partial charge < -0.3 is 14.8 Å². The van der Waals surface area contributed by atoms with Crippen LogP contribution in [0.4, 0.5) is 5.69 Å². The minimum Gasteiger partial charge on any atom is -0.454 e. The molecule has 1 aliphatic heterocycles. The van der Waals surface area contributed by atoms with Crippen molar-refractivity contribution in [1.29, 1.82) is 0 Å². The Balaban J connectivity index is 1.73. The van der Waals surface area contributed by atoms with E-state index in [1.54, 1.807) is 43.3 Å². The van der Waals surface area contributed by atoms with Crippen LogP contribution in [0.15, 0.2) is 47.4 Å². The number of sulfonamides is 1. The first-order valence-electron chi connectivity index (χ1n) is 7.82. The Hall–Kier alpha value is -2.84. The molecule has 1 amide bonds. The average molecular weight is 374 g/mol. The molecule has 2 N–H and O–H groups in total. The van der Waals surface area contributed by atoms with Gasteiger partial charge in [-0.25, -0.2) is 13.1 Å². The molecule has 1 aliphatic rings. The molecule has 7 nitrogen and oxygen atoms in total. The number of carbonyl (C=O) groups excluding carboxylic acids is 1. The Labute approximate surface area is 151 Å². The molecular formula is C18H18N2O5S. The van der Waals surface area contributed by atoms with E-state index in [1.165, 1.54) is 19.2 Å². The fourth-order valence-corrected chi connectivity index (χ4v) is 3.44. The fraction of sp³-hybridized carbons (Fsp3) is 0.167. The molecule has 0 bridgehead atoms. The van der Waals surface area contributed by atoms with Gasteiger partial charge in [-0.3, -0.25) is 4.79 Å². The summed E-state index contributed by atoms with van der Waals surface area (Å²) < 4.78 is 36.8. The van der Waals surface area contributed by atoms with Gasteiger partial charge in [0.15, 0.2) is 11.5 Å². The topological polar surface area (TPSA) is 93.7 Å². The lowest BCUT2D eigenvalue weighted by molar-refractivity contribution is -0.111. The molecule has 0 saturated heterocycles. The summed E-state index contributed by atoms with van der Waals surface area (Å²) in [6.07, 6.45) is 3.00. The summed E-state index contributed by atoms with van der Waals surface area (Å²) in [7, 11) is -2.25. The van der Waals surface area contributed by atoms with Gasteiger partial charge in [0, 0.05) is 11.8 Å². The van der Waals surface area contributed by atoms with Crippen LogP contribution in [0.5, 0.6) is 11.5 Å². The second kappa shape index (κ2) is 7.19. The van der Waals surface area contributed by atoms with E-state index in [9.17, 15) is 13.2 Å². The molecular weight excluding hydrogens is 356 g/mol. The van der Waals surface area contributed by atoms with Crippen molar-refractivity contribution in [3.8, 4) is 11.5 Å². The number of benzene rings is 2. The summed E-state index contributed by atoms with van der Waals surface area (Å²) in [6.45, 7) is 1.88. The van der Waals surface area contributed by atoms with Crippen molar-refractivity contribution in [3.05, 3.63) is 53.6 Å². The number of anilines is 1. The number of hydrogen-bond donors (Lipinski definition) is 2. The molecule has 0 saturated carbocycles. The molecule has 136 valence electrons. The molecule has 0 aromatic heterocycles. The zero-order chi connectivity index (χ0) is 18.7. The van der Waals surface area contributed by atoms with E-state index in [1.807, 2.05) is 0 Å². The first kappa shape index (κ1) is 18.0. The first-order chi connectivity index (χ1) is 12.4. The smallest absolute Gasteiger partial charge is 0.248 e. The molecule has 2 aromatic rings. The van der Waals surface area contributed by atoms with Crippen molar-refractivity contribution >= 4 is 27.7 Å². The zero-order valence-electron chi connectivity index (χ0n) is 14.3. The highest BCUT2D eigenvalue weighted by Crippen LogP contribution is 2.32. The molecule has 1 heterocycles. The van der Waals surface area contributed by atoms with Crippen LogP contribution in [0.2, 0.25) is 0 Å². The molecule has 2 aromatic carbocycles. The molecule has 8 heteroatoms. The summed E-state index contributed by atoms with van der Waals surface area (Å²) in [6, 6.07) is 10.1. The van der Waals surface area contributed by atoms with Crippen LogP contribution in [0.25, 0.3) is 6.08 Å². The zero-order valence-corrected chi connectivity index (χ0v) is 15.1. The predicted molar refractivity (Wildman–Crippen MR) is 97.7 cm³/mol. The van der Waals surface area contributed by atoms with Crippen molar-refractivity contribution in [2.75, 3.05) is 19.2 Å². The minimum atomic E-state index is -3.59. The Kier molecular flexibility index (Phi) is 4.97. The van der Waals surface area contributed by atoms with Crippen LogP contribution in [-0.2, 0) is 14.8 Å². The number of amides is 1. The van der Waals surface area contributed by atoms with E-state index in [2.05, 4.69) is 10.0 Å². The van der Waals surface area contributed by atoms with Gasteiger partial charge in [0.05, 0.1) is 4.90 Å². The lowest BCUT2D eigenvalue weighted by Crippen LogP contribution is -2.20. The Morgan fingerprint density at radius 2 is 1.88 bits per heavy atom. The van der Waals surface area contributed by atoms with Gasteiger partial charge in [-0.05, 0) is 55.4 Å². The third-order valence-electron chi connectivity index (χ3n) is 3.84. The largest absolute Gasteiger partial charge is 0.454 e. The fourth-order valence-electron chi connectivity index (χ4n) is 2.45. The van der Waals surface area contributed by atoms with E-state index in [-0.39, 0.29) is 17.6 Å². The maximum absolute atomic E-state index is 12.1. The summed E-state index contributed by atoms with van der Waals surface area (Å²) in [5.74, 6) is 0.928. The quantitative estimate of drug-likeness (QED) is 0.783. The van der Waals surface area contributed by atoms with Crippen LogP contribution in [-0.4, -0.2) is 28.2 Å². The number of carbonyl (C=O) groups is 1. The van der Waals surface area contributed by atoms with Gasteiger partial charge >= 0.3 is 0 Å². The number of fused-ring (bicyclic) bond motifs is 1. The Morgan fingerprint density at radius 3 is 2.65 bits per heavy atom. The van der Waals surface area contributed by atoms with Crippen molar-refractivity contribution in [1.82, 2.24) is 4.72 Å². The molecule has 0 unspecified atom stereocenters. The van der Waals surface area contributed by atoms with Crippen molar-refractivity contribution < 1.29 is 22.7 Å². The normalized spacial score (nSPS) is 13.2. The predicted octanol–water partition coefficient (Wildman–Crippen LogP) is 2.28. The van der Waals surface area contributed by atoms with E-state index < -0.39 is 10.0 Å². The molecule has 0 aliphatic carbocycles. The second-order valence-electron chi connectivity index (χ2n) is 5.62. The number of aryl methyl sites for hydroxylation is 1. The van der Waals surface area contributed by atoms with E-state index in [4.69, 9.17) is 9.47 Å². The van der Waals surface area contributed by atoms with Crippen LogP contribution >= 0.6 is 0 Å². The van der Waals surface area contributed by atoms with Crippen molar-refractivity contribution in [2.45, 2.75) is 11.8 Å². The molecule has 0 fully saturated rings. The number of ether oxygens (including phenoxy) is 2. The number of nitrogens with one attached hydrogen (secondary N) is 2. The van der Waals surface area contributed by atoms with Crippen LogP contribution in [0.1, 0.15) is 11.1 Å². The van der Waals surface area contributed by atoms with Crippen LogP contribution in [0.3, 0.4) is 0 Å². The summed E-state index contributed by atoms with van der Waals surface area (Å²) in [5, 5.41) is 2.65. The third-order valence-corrected chi connectivity index (χ3v) is 5.39. The van der Waals surface area contributed by atoms with Gasteiger partial charge in [-0.1, -0.05) is 12.1 Å². The monoisotopic (exact) mass is 374 g/mol. The molecule has 0 spiro atoms. The molecule has 3 rings (SSSR count). The second-order valence-corrected chi connectivity index (χ2v) is 7.48. The third kappa shape index (κ3) is 3.87. The molecule has 0 atom stereocenters. The maximum atomic E-state index is 12.1. The standard InChI is InChI=1S/C18H18N2O5S/c1-12-3-6-14(10-17(12)26(22,23)19-2)20-18(21)8-5-13-4-7-15-16(9-13)25-11-24-15/h3-10,19H,11H2,1-2H3,(H,20,21)/b8-5+. The van der Waals surface area contributed by atoms with Gasteiger partial charge in [0.1, 0.15) is 0 Å². The highest BCUT2D eigenvalue weighted by Gasteiger charge is 2.15. The Morgan fingerprint density at radius 1 is 1.12 bits per heavy atom. The minimum absolute atomic E-state index is 0.123. The average Bonchev–Trinajstić information content (AvgIpc) is 3.09. The maximum Gasteiger partial charge on any atom is 0.248 e. The SMILES string of the molecule is CNS(=O)(=O)c1cc(NC(=O)/C=C/c2ccc3c(c2)OCO3)ccc1C. The highest BCUT2D eigenvalue weighted by atomic mass is 32.2. The highest BCUT2D eigenvalue weighted by molar-refractivity contribution is 7.89. The van der Waals surface area contributed by atoms with E-state index >= 15 is 0 Å². The summed E-state index contributed by atoms with van der Waals surface area (Å²) >= 11 is 0. The van der Waals surface area contributed by atoms with Gasteiger partial charge in [0.2, 0.25) is 22.7 Å². The number of hydrogen-bond acceptors (Lipinski definition) is 5. The number of rotatable bonds is 5. The lowest BCUT2D eigenvalue weighted by atomic mass is 10.2. The summed E-state index contributed by atoms with van der Waals surface area (Å²) in [5.41, 5.74) is 1.77. The molecule has 26 heavy (non-hydrogen) atoms. The lowest BCUT2D eigenvalue weighted by Gasteiger charge is -2.09. The van der Waals surface area contributed by atoms with Gasteiger partial charge in [0.25, 0.3) is 0 Å². The van der Waals surface area contributed by atoms with E-state index in [0.717, 1.165) is 5.56 Å².